The number of nitrogens with zero attached hydrogens (tertiary/aromatic N) is 4. The van der Waals surface area contributed by atoms with Crippen molar-refractivity contribution in [2.75, 3.05) is 39.4 Å². The molecule has 1 fully saturated rings. The zero-order valence-electron chi connectivity index (χ0n) is 17.6. The van der Waals surface area contributed by atoms with Crippen LogP contribution in [0, 0.1) is 6.92 Å². The van der Waals surface area contributed by atoms with Gasteiger partial charge < -0.3 is 10.1 Å². The number of rotatable bonds is 7. The first-order valence-electron chi connectivity index (χ1n) is 10.4. The minimum atomic E-state index is -0.0618. The fourth-order valence-corrected chi connectivity index (χ4v) is 3.99. The lowest BCUT2D eigenvalue weighted by atomic mass is 10.0. The van der Waals surface area contributed by atoms with E-state index in [0.717, 1.165) is 59.7 Å². The fourth-order valence-electron chi connectivity index (χ4n) is 3.58. The number of aryl methyl sites for hydroxylation is 1. The Hall–Kier alpha value is -2.55. The molecule has 1 aliphatic rings. The van der Waals surface area contributed by atoms with Crippen molar-refractivity contribution in [2.24, 2.45) is 0 Å². The molecule has 8 heteroatoms. The Morgan fingerprint density at radius 2 is 2.00 bits per heavy atom. The third-order valence-electron chi connectivity index (χ3n) is 5.42. The van der Waals surface area contributed by atoms with E-state index in [9.17, 15) is 4.79 Å². The highest BCUT2D eigenvalue weighted by atomic mass is 79.9. The second kappa shape index (κ2) is 10.2. The Balaban J connectivity index is 1.42. The van der Waals surface area contributed by atoms with Gasteiger partial charge in [-0.25, -0.2) is 4.68 Å². The summed E-state index contributed by atoms with van der Waals surface area (Å²) in [6, 6.07) is 13.9. The molecule has 1 aromatic heterocycles. The highest BCUT2D eigenvalue weighted by molar-refractivity contribution is 9.10. The van der Waals surface area contributed by atoms with Crippen LogP contribution in [0.4, 0.5) is 0 Å². The summed E-state index contributed by atoms with van der Waals surface area (Å²) in [6.07, 6.45) is 1.91. The molecule has 0 spiro atoms. The maximum Gasteiger partial charge on any atom is 0.251 e. The van der Waals surface area contributed by atoms with Crippen molar-refractivity contribution in [3.8, 4) is 11.3 Å². The molecule has 31 heavy (non-hydrogen) atoms. The zero-order valence-corrected chi connectivity index (χ0v) is 19.1. The van der Waals surface area contributed by atoms with E-state index in [1.807, 2.05) is 49.5 Å². The van der Waals surface area contributed by atoms with Gasteiger partial charge in [0.2, 0.25) is 0 Å². The van der Waals surface area contributed by atoms with Crippen LogP contribution in [-0.4, -0.2) is 65.2 Å². The molecule has 1 saturated heterocycles. The number of nitrogens with one attached hydrogen (secondary N) is 1. The Kier molecular flexibility index (Phi) is 7.11. The Bertz CT molecular complexity index is 1050. The lowest BCUT2D eigenvalue weighted by molar-refractivity contribution is 0.0383. The summed E-state index contributed by atoms with van der Waals surface area (Å²) in [5.74, 6) is -0.0618. The largest absolute Gasteiger partial charge is 0.379 e. The summed E-state index contributed by atoms with van der Waals surface area (Å²) in [5.41, 5.74) is 4.35. The number of amides is 1. The van der Waals surface area contributed by atoms with E-state index in [1.54, 1.807) is 4.68 Å². The summed E-state index contributed by atoms with van der Waals surface area (Å²) >= 11 is 3.57. The van der Waals surface area contributed by atoms with Crippen LogP contribution in [0.25, 0.3) is 11.3 Å². The molecule has 1 amide bonds. The molecular weight excluding hydrogens is 458 g/mol. The predicted molar refractivity (Wildman–Crippen MR) is 123 cm³/mol. The van der Waals surface area contributed by atoms with Crippen LogP contribution >= 0.6 is 15.9 Å². The van der Waals surface area contributed by atoms with Gasteiger partial charge in [0.15, 0.2) is 0 Å². The van der Waals surface area contributed by atoms with E-state index in [1.165, 1.54) is 0 Å². The van der Waals surface area contributed by atoms with Crippen molar-refractivity contribution < 1.29 is 9.53 Å². The predicted octanol–water partition coefficient (Wildman–Crippen LogP) is 3.13. The van der Waals surface area contributed by atoms with E-state index in [0.29, 0.717) is 18.7 Å². The maximum atomic E-state index is 12.8. The van der Waals surface area contributed by atoms with Crippen LogP contribution in [0.15, 0.2) is 53.1 Å². The molecule has 0 saturated carbocycles. The summed E-state index contributed by atoms with van der Waals surface area (Å²) in [7, 11) is 0. The molecular formula is C23H26BrN5O2. The average Bonchev–Trinajstić information content (AvgIpc) is 3.25. The highest BCUT2D eigenvalue weighted by Gasteiger charge is 2.14. The molecule has 0 atom stereocenters. The van der Waals surface area contributed by atoms with Crippen LogP contribution < -0.4 is 5.32 Å². The van der Waals surface area contributed by atoms with Gasteiger partial charge in [-0.3, -0.25) is 9.69 Å². The van der Waals surface area contributed by atoms with Gasteiger partial charge in [0.25, 0.3) is 5.91 Å². The molecule has 0 radical (unpaired) electrons. The maximum absolute atomic E-state index is 12.8. The van der Waals surface area contributed by atoms with Gasteiger partial charge in [0.1, 0.15) is 5.69 Å². The molecule has 4 rings (SSSR count). The summed E-state index contributed by atoms with van der Waals surface area (Å²) in [4.78, 5) is 15.1. The highest BCUT2D eigenvalue weighted by Crippen LogP contribution is 2.22. The Labute approximate surface area is 190 Å². The first-order chi connectivity index (χ1) is 15.1. The molecule has 2 aromatic carbocycles. The molecule has 1 N–H and O–H groups in total. The van der Waals surface area contributed by atoms with E-state index in [-0.39, 0.29) is 5.91 Å². The van der Waals surface area contributed by atoms with Crippen LogP contribution in [0.1, 0.15) is 21.5 Å². The number of halogens is 1. The number of carbonyl (C=O) groups excluding carboxylic acids is 1. The number of benzene rings is 2. The molecule has 1 aliphatic heterocycles. The van der Waals surface area contributed by atoms with Crippen molar-refractivity contribution in [1.29, 1.82) is 0 Å². The lowest BCUT2D eigenvalue weighted by Gasteiger charge is -2.26. The van der Waals surface area contributed by atoms with Gasteiger partial charge in [-0.05, 0) is 30.2 Å². The number of hydrogen-bond donors (Lipinski definition) is 1. The van der Waals surface area contributed by atoms with Crippen LogP contribution in [0.2, 0.25) is 0 Å². The van der Waals surface area contributed by atoms with Gasteiger partial charge in [-0.1, -0.05) is 51.5 Å². The molecule has 7 nitrogen and oxygen atoms in total. The molecule has 162 valence electrons. The lowest BCUT2D eigenvalue weighted by Crippen LogP contribution is -2.41. The minimum Gasteiger partial charge on any atom is -0.379 e. The minimum absolute atomic E-state index is 0.0618. The first kappa shape index (κ1) is 21.7. The number of carbonyl (C=O) groups is 1. The van der Waals surface area contributed by atoms with Crippen molar-refractivity contribution in [3.63, 3.8) is 0 Å². The van der Waals surface area contributed by atoms with Crippen LogP contribution in [-0.2, 0) is 11.3 Å². The third-order valence-corrected chi connectivity index (χ3v) is 6.20. The molecule has 0 aliphatic carbocycles. The van der Waals surface area contributed by atoms with Crippen molar-refractivity contribution in [1.82, 2.24) is 25.2 Å². The average molecular weight is 484 g/mol. The van der Waals surface area contributed by atoms with E-state index < -0.39 is 0 Å². The van der Waals surface area contributed by atoms with Gasteiger partial charge in [0, 0.05) is 41.8 Å². The van der Waals surface area contributed by atoms with Crippen molar-refractivity contribution in [3.05, 3.63) is 69.8 Å². The normalized spacial score (nSPS) is 14.5. The summed E-state index contributed by atoms with van der Waals surface area (Å²) in [6.45, 7) is 7.37. The first-order valence-corrected chi connectivity index (χ1v) is 11.2. The van der Waals surface area contributed by atoms with E-state index in [2.05, 4.69) is 42.5 Å². The standard InChI is InChI=1S/C23H26BrN5O2/c1-17-6-7-18(14-20(17)23(30)25-8-9-28-10-12-31-13-11-28)22-16-29(27-26-22)15-19-4-2-3-5-21(19)24/h2-7,14,16H,8-13,15H2,1H3,(H,25,30). The number of aromatic nitrogens is 3. The summed E-state index contributed by atoms with van der Waals surface area (Å²) < 4.78 is 8.21. The van der Waals surface area contributed by atoms with Gasteiger partial charge in [0.05, 0.1) is 26.0 Å². The second-order valence-corrected chi connectivity index (χ2v) is 8.49. The Morgan fingerprint density at radius 3 is 2.81 bits per heavy atom. The van der Waals surface area contributed by atoms with E-state index in [4.69, 9.17) is 4.74 Å². The van der Waals surface area contributed by atoms with Gasteiger partial charge in [-0.15, -0.1) is 5.10 Å². The van der Waals surface area contributed by atoms with Crippen LogP contribution in [0.5, 0.6) is 0 Å². The topological polar surface area (TPSA) is 72.3 Å². The molecule has 3 aromatic rings. The SMILES string of the molecule is Cc1ccc(-c2cn(Cc3ccccc3Br)nn2)cc1C(=O)NCCN1CCOCC1. The van der Waals surface area contributed by atoms with Gasteiger partial charge in [-0.2, -0.15) is 0 Å². The summed E-state index contributed by atoms with van der Waals surface area (Å²) in [5, 5.41) is 11.6. The van der Waals surface area contributed by atoms with Gasteiger partial charge >= 0.3 is 0 Å². The fraction of sp³-hybridized carbons (Fsp3) is 0.348. The second-order valence-electron chi connectivity index (χ2n) is 7.63. The smallest absolute Gasteiger partial charge is 0.251 e. The zero-order chi connectivity index (χ0) is 21.6. The number of ether oxygens (including phenoxy) is 1. The Morgan fingerprint density at radius 1 is 1.19 bits per heavy atom. The molecule has 0 bridgehead atoms. The number of hydrogen-bond acceptors (Lipinski definition) is 5. The van der Waals surface area contributed by atoms with E-state index >= 15 is 0 Å². The molecule has 2 heterocycles. The molecule has 0 unspecified atom stereocenters. The quantitative estimate of drug-likeness (QED) is 0.558. The number of morpholine rings is 1. The third kappa shape index (κ3) is 5.58. The van der Waals surface area contributed by atoms with Crippen molar-refractivity contribution >= 4 is 21.8 Å². The monoisotopic (exact) mass is 483 g/mol. The van der Waals surface area contributed by atoms with Crippen molar-refractivity contribution in [2.45, 2.75) is 13.5 Å². The van der Waals surface area contributed by atoms with Crippen LogP contribution in [0.3, 0.4) is 0 Å².